The number of thioether (sulfide) groups is 1. The quantitative estimate of drug-likeness (QED) is 0.716. The largest absolute Gasteiger partial charge is 0.325 e. The minimum atomic E-state index is -0.342. The number of hydrogen-bond acceptors (Lipinski definition) is 5. The van der Waals surface area contributed by atoms with Crippen molar-refractivity contribution in [2.24, 2.45) is 9.98 Å². The molecule has 146 valence electrons. The Balaban J connectivity index is 1.47. The number of hydrogen-bond donors (Lipinski definition) is 1. The summed E-state index contributed by atoms with van der Waals surface area (Å²) in [4.78, 5) is 23.5. The van der Waals surface area contributed by atoms with Crippen LogP contribution in [-0.4, -0.2) is 28.1 Å². The minimum Gasteiger partial charge on any atom is -0.325 e. The summed E-state index contributed by atoms with van der Waals surface area (Å²) in [6.45, 7) is 0. The summed E-state index contributed by atoms with van der Waals surface area (Å²) >= 11 is 3.09. The van der Waals surface area contributed by atoms with Crippen molar-refractivity contribution in [3.63, 3.8) is 0 Å². The highest BCUT2D eigenvalue weighted by atomic mass is 32.2. The lowest BCUT2D eigenvalue weighted by Crippen LogP contribution is -2.20. The molecule has 1 aromatic heterocycles. The molecular formula is C21H22FN3OS2. The Morgan fingerprint density at radius 3 is 2.54 bits per heavy atom. The predicted molar refractivity (Wildman–Crippen MR) is 116 cm³/mol. The first-order chi connectivity index (χ1) is 13.6. The summed E-state index contributed by atoms with van der Waals surface area (Å²) in [7, 11) is 0. The highest BCUT2D eigenvalue weighted by Crippen LogP contribution is 2.38. The topological polar surface area (TPSA) is 53.8 Å². The van der Waals surface area contributed by atoms with Gasteiger partial charge in [0.05, 0.1) is 10.6 Å². The maximum absolute atomic E-state index is 13.0. The molecule has 0 atom stereocenters. The predicted octanol–water partition coefficient (Wildman–Crippen LogP) is 5.51. The van der Waals surface area contributed by atoms with E-state index in [2.05, 4.69) is 11.4 Å². The number of halogens is 1. The van der Waals surface area contributed by atoms with E-state index in [1.807, 2.05) is 11.4 Å². The fraction of sp³-hybridized carbons (Fsp3) is 0.381. The lowest BCUT2D eigenvalue weighted by molar-refractivity contribution is -0.113. The smallest absolute Gasteiger partial charge is 0.234 e. The van der Waals surface area contributed by atoms with Crippen molar-refractivity contribution in [2.75, 3.05) is 11.1 Å². The van der Waals surface area contributed by atoms with Gasteiger partial charge in [-0.2, -0.15) is 0 Å². The fourth-order valence-corrected chi connectivity index (χ4v) is 5.23. The average Bonchev–Trinajstić information content (AvgIpc) is 3.27. The van der Waals surface area contributed by atoms with Crippen LogP contribution in [0.2, 0.25) is 0 Å². The van der Waals surface area contributed by atoms with Crippen molar-refractivity contribution in [3.05, 3.63) is 52.5 Å². The van der Waals surface area contributed by atoms with Crippen molar-refractivity contribution in [3.8, 4) is 0 Å². The molecule has 2 aromatic rings. The number of anilines is 1. The molecule has 1 fully saturated rings. The number of benzene rings is 1. The second-order valence-corrected chi connectivity index (χ2v) is 9.01. The number of carbonyl (C=O) groups excluding carboxylic acids is 1. The summed E-state index contributed by atoms with van der Waals surface area (Å²) in [6.07, 6.45) is 6.73. The molecule has 2 heterocycles. The van der Waals surface area contributed by atoms with Gasteiger partial charge in [-0.3, -0.25) is 9.79 Å². The molecule has 28 heavy (non-hydrogen) atoms. The molecule has 0 saturated heterocycles. The van der Waals surface area contributed by atoms with Crippen LogP contribution in [-0.2, 0) is 4.79 Å². The Labute approximate surface area is 172 Å². The number of amides is 1. The molecule has 1 amide bonds. The first kappa shape index (κ1) is 19.3. The first-order valence-electron chi connectivity index (χ1n) is 9.56. The Kier molecular flexibility index (Phi) is 5.92. The Bertz CT molecular complexity index is 883. The summed E-state index contributed by atoms with van der Waals surface area (Å²) in [5.41, 5.74) is 1.18. The zero-order valence-corrected chi connectivity index (χ0v) is 17.1. The normalized spacial score (nSPS) is 18.5. The van der Waals surface area contributed by atoms with Crippen LogP contribution in [0.3, 0.4) is 0 Å². The second-order valence-electron chi connectivity index (χ2n) is 7.10. The maximum atomic E-state index is 13.0. The standard InChI is InChI=1S/C21H22FN3OS2/c22-15-7-9-16(10-8-15)23-18(26)14-28-20-19(17-6-5-13-27-17)24-21(25-20)11-3-1-2-4-12-21/h5-10,13H,1-4,11-12,14H2,(H,23,26). The zero-order chi connectivity index (χ0) is 19.4. The summed E-state index contributed by atoms with van der Waals surface area (Å²) in [5, 5.41) is 5.71. The molecule has 4 rings (SSSR count). The second kappa shape index (κ2) is 8.57. The Morgan fingerprint density at radius 2 is 1.86 bits per heavy atom. The van der Waals surface area contributed by atoms with Gasteiger partial charge in [0, 0.05) is 5.69 Å². The number of aliphatic imine (C=N–C) groups is 2. The summed E-state index contributed by atoms with van der Waals surface area (Å²) in [6, 6.07) is 9.87. The van der Waals surface area contributed by atoms with E-state index in [0.717, 1.165) is 41.3 Å². The van der Waals surface area contributed by atoms with Gasteiger partial charge in [0.25, 0.3) is 0 Å². The molecule has 1 saturated carbocycles. The van der Waals surface area contributed by atoms with Gasteiger partial charge in [0.2, 0.25) is 5.91 Å². The van der Waals surface area contributed by atoms with Gasteiger partial charge in [-0.1, -0.05) is 30.7 Å². The fourth-order valence-electron chi connectivity index (χ4n) is 3.58. The van der Waals surface area contributed by atoms with Crippen LogP contribution in [0.1, 0.15) is 43.4 Å². The van der Waals surface area contributed by atoms with E-state index in [-0.39, 0.29) is 23.1 Å². The van der Waals surface area contributed by atoms with E-state index in [0.29, 0.717) is 5.69 Å². The molecular weight excluding hydrogens is 393 g/mol. The van der Waals surface area contributed by atoms with Crippen LogP contribution < -0.4 is 5.32 Å². The molecule has 0 radical (unpaired) electrons. The molecule has 0 unspecified atom stereocenters. The molecule has 1 aromatic carbocycles. The van der Waals surface area contributed by atoms with Gasteiger partial charge in [-0.25, -0.2) is 9.38 Å². The molecule has 1 aliphatic carbocycles. The van der Waals surface area contributed by atoms with Gasteiger partial charge < -0.3 is 5.32 Å². The van der Waals surface area contributed by atoms with E-state index in [9.17, 15) is 9.18 Å². The van der Waals surface area contributed by atoms with Gasteiger partial charge >= 0.3 is 0 Å². The van der Waals surface area contributed by atoms with Crippen LogP contribution in [0.25, 0.3) is 0 Å². The van der Waals surface area contributed by atoms with Crippen LogP contribution in [0.5, 0.6) is 0 Å². The summed E-state index contributed by atoms with van der Waals surface area (Å²) < 4.78 is 13.0. The third-order valence-electron chi connectivity index (χ3n) is 4.96. The van der Waals surface area contributed by atoms with Crippen molar-refractivity contribution in [2.45, 2.75) is 44.2 Å². The van der Waals surface area contributed by atoms with Crippen molar-refractivity contribution in [1.82, 2.24) is 0 Å². The third kappa shape index (κ3) is 4.52. The zero-order valence-electron chi connectivity index (χ0n) is 15.5. The lowest BCUT2D eigenvalue weighted by atomic mass is 10.0. The number of nitrogens with one attached hydrogen (secondary N) is 1. The van der Waals surface area contributed by atoms with Gasteiger partial charge in [0.15, 0.2) is 5.66 Å². The highest BCUT2D eigenvalue weighted by Gasteiger charge is 2.37. The van der Waals surface area contributed by atoms with E-state index in [4.69, 9.17) is 9.98 Å². The van der Waals surface area contributed by atoms with Crippen LogP contribution in [0.4, 0.5) is 10.1 Å². The average molecular weight is 416 g/mol. The molecule has 7 heteroatoms. The lowest BCUT2D eigenvalue weighted by Gasteiger charge is -2.20. The minimum absolute atomic E-state index is 0.133. The van der Waals surface area contributed by atoms with Crippen LogP contribution in [0.15, 0.2) is 51.8 Å². The molecule has 1 N–H and O–H groups in total. The van der Waals surface area contributed by atoms with Gasteiger partial charge in [0.1, 0.15) is 16.6 Å². The van der Waals surface area contributed by atoms with Crippen molar-refractivity contribution < 1.29 is 9.18 Å². The number of nitrogens with zero attached hydrogens (tertiary/aromatic N) is 2. The molecule has 0 bridgehead atoms. The molecule has 1 spiro atoms. The highest BCUT2D eigenvalue weighted by molar-refractivity contribution is 8.16. The third-order valence-corrected chi connectivity index (χ3v) is 6.80. The SMILES string of the molecule is O=C(CSC1=NC2(CCCCCC2)N=C1c1cccs1)Nc1ccc(F)cc1. The Hall–Kier alpha value is -1.99. The van der Waals surface area contributed by atoms with Gasteiger partial charge in [-0.05, 0) is 61.4 Å². The van der Waals surface area contributed by atoms with Gasteiger partial charge in [-0.15, -0.1) is 11.3 Å². The number of thiophene rings is 1. The number of rotatable bonds is 4. The Morgan fingerprint density at radius 1 is 1.11 bits per heavy atom. The van der Waals surface area contributed by atoms with Crippen LogP contribution >= 0.6 is 23.1 Å². The van der Waals surface area contributed by atoms with E-state index in [1.165, 1.54) is 36.7 Å². The molecule has 4 nitrogen and oxygen atoms in total. The maximum Gasteiger partial charge on any atom is 0.234 e. The molecule has 2 aliphatic rings. The molecule has 1 aliphatic heterocycles. The number of carbonyl (C=O) groups is 1. The van der Waals surface area contributed by atoms with E-state index in [1.54, 1.807) is 23.5 Å². The van der Waals surface area contributed by atoms with E-state index >= 15 is 0 Å². The first-order valence-corrected chi connectivity index (χ1v) is 11.4. The van der Waals surface area contributed by atoms with Crippen LogP contribution in [0, 0.1) is 5.82 Å². The van der Waals surface area contributed by atoms with Crippen molar-refractivity contribution >= 4 is 45.4 Å². The monoisotopic (exact) mass is 415 g/mol. The van der Waals surface area contributed by atoms with Crippen molar-refractivity contribution in [1.29, 1.82) is 0 Å². The van der Waals surface area contributed by atoms with E-state index < -0.39 is 0 Å². The summed E-state index contributed by atoms with van der Waals surface area (Å²) in [5.74, 6) is -0.207.